The van der Waals surface area contributed by atoms with Crippen LogP contribution in [0.25, 0.3) is 5.57 Å². The second kappa shape index (κ2) is 8.46. The third-order valence-electron chi connectivity index (χ3n) is 5.50. The van der Waals surface area contributed by atoms with Gasteiger partial charge in [-0.2, -0.15) is 0 Å². The molecule has 0 saturated carbocycles. The quantitative estimate of drug-likeness (QED) is 0.654. The van der Waals surface area contributed by atoms with E-state index in [-0.39, 0.29) is 11.8 Å². The Kier molecular flexibility index (Phi) is 5.76. The van der Waals surface area contributed by atoms with Crippen LogP contribution in [0.1, 0.15) is 37.3 Å². The number of thioether (sulfide) groups is 1. The van der Waals surface area contributed by atoms with E-state index in [1.807, 2.05) is 62.4 Å². The monoisotopic (exact) mass is 406 g/mol. The summed E-state index contributed by atoms with van der Waals surface area (Å²) < 4.78 is 0. The first kappa shape index (κ1) is 19.8. The Bertz CT molecular complexity index is 942. The zero-order chi connectivity index (χ0) is 20.4. The number of aryl methyl sites for hydroxylation is 1. The molecule has 0 bridgehead atoms. The van der Waals surface area contributed by atoms with E-state index in [1.165, 1.54) is 35.9 Å². The maximum absolute atomic E-state index is 13.3. The van der Waals surface area contributed by atoms with Crippen molar-refractivity contribution in [3.63, 3.8) is 0 Å². The number of hydrogen-bond donors (Lipinski definition) is 0. The van der Waals surface area contributed by atoms with Crippen LogP contribution in [0.15, 0.2) is 53.4 Å². The third kappa shape index (κ3) is 3.84. The minimum Gasteiger partial charge on any atom is -0.372 e. The molecular formula is C24H26N2O2S. The zero-order valence-corrected chi connectivity index (χ0v) is 17.8. The molecule has 0 spiro atoms. The van der Waals surface area contributed by atoms with Crippen LogP contribution in [-0.4, -0.2) is 30.7 Å². The molecule has 29 heavy (non-hydrogen) atoms. The summed E-state index contributed by atoms with van der Waals surface area (Å²) in [6, 6.07) is 15.6. The lowest BCUT2D eigenvalue weighted by Crippen LogP contribution is -2.32. The predicted octanol–water partition coefficient (Wildman–Crippen LogP) is 5.02. The molecule has 2 heterocycles. The van der Waals surface area contributed by atoms with Gasteiger partial charge in [0.25, 0.3) is 11.8 Å². The van der Waals surface area contributed by atoms with Gasteiger partial charge in [0.1, 0.15) is 0 Å². The molecular weight excluding hydrogens is 380 g/mol. The van der Waals surface area contributed by atoms with Gasteiger partial charge in [-0.05, 0) is 61.8 Å². The van der Waals surface area contributed by atoms with E-state index in [2.05, 4.69) is 4.90 Å². The number of imide groups is 1. The van der Waals surface area contributed by atoms with Gasteiger partial charge in [0, 0.05) is 18.8 Å². The van der Waals surface area contributed by atoms with Crippen LogP contribution < -0.4 is 9.80 Å². The molecule has 0 unspecified atom stereocenters. The number of carbonyl (C=O) groups is 2. The highest BCUT2D eigenvalue weighted by Gasteiger charge is 2.39. The van der Waals surface area contributed by atoms with E-state index >= 15 is 0 Å². The number of piperidine rings is 1. The first-order chi connectivity index (χ1) is 14.1. The minimum atomic E-state index is -0.236. The van der Waals surface area contributed by atoms with Gasteiger partial charge in [0.2, 0.25) is 0 Å². The number of hydrogen-bond acceptors (Lipinski definition) is 4. The summed E-state index contributed by atoms with van der Waals surface area (Å²) in [6.45, 7) is 6.14. The van der Waals surface area contributed by atoms with Gasteiger partial charge < -0.3 is 4.90 Å². The van der Waals surface area contributed by atoms with Crippen LogP contribution in [0.3, 0.4) is 0 Å². The lowest BCUT2D eigenvalue weighted by molar-refractivity contribution is -0.119. The molecule has 1 fully saturated rings. The molecule has 2 amide bonds. The second-order valence-corrected chi connectivity index (χ2v) is 8.79. The topological polar surface area (TPSA) is 40.6 Å². The normalized spacial score (nSPS) is 17.4. The van der Waals surface area contributed by atoms with E-state index in [0.717, 1.165) is 35.7 Å². The maximum Gasteiger partial charge on any atom is 0.272 e. The summed E-state index contributed by atoms with van der Waals surface area (Å²) in [5, 5.41) is 0. The van der Waals surface area contributed by atoms with Crippen molar-refractivity contribution >= 4 is 40.5 Å². The summed E-state index contributed by atoms with van der Waals surface area (Å²) in [4.78, 5) is 30.7. The first-order valence-electron chi connectivity index (χ1n) is 10.3. The molecule has 0 aliphatic carbocycles. The van der Waals surface area contributed by atoms with Crippen LogP contribution in [0.2, 0.25) is 0 Å². The van der Waals surface area contributed by atoms with Gasteiger partial charge in [-0.1, -0.05) is 36.8 Å². The van der Waals surface area contributed by atoms with E-state index in [9.17, 15) is 9.59 Å². The highest BCUT2D eigenvalue weighted by Crippen LogP contribution is 2.38. The van der Waals surface area contributed by atoms with E-state index < -0.39 is 0 Å². The highest BCUT2D eigenvalue weighted by molar-refractivity contribution is 8.04. The highest BCUT2D eigenvalue weighted by atomic mass is 32.2. The third-order valence-corrected chi connectivity index (χ3v) is 6.46. The van der Waals surface area contributed by atoms with Crippen LogP contribution in [0.5, 0.6) is 0 Å². The number of benzene rings is 2. The molecule has 1 saturated heterocycles. The number of nitrogens with zero attached hydrogens (tertiary/aromatic N) is 2. The second-order valence-electron chi connectivity index (χ2n) is 7.51. The molecule has 5 heteroatoms. The van der Waals surface area contributed by atoms with Crippen molar-refractivity contribution < 1.29 is 9.59 Å². The summed E-state index contributed by atoms with van der Waals surface area (Å²) in [6.07, 6.45) is 3.72. The van der Waals surface area contributed by atoms with Crippen molar-refractivity contribution in [2.45, 2.75) is 33.1 Å². The molecule has 2 aliphatic rings. The molecule has 150 valence electrons. The van der Waals surface area contributed by atoms with E-state index in [0.29, 0.717) is 16.2 Å². The maximum atomic E-state index is 13.3. The molecule has 0 aromatic heterocycles. The largest absolute Gasteiger partial charge is 0.372 e. The lowest BCUT2D eigenvalue weighted by atomic mass is 10.0. The van der Waals surface area contributed by atoms with Gasteiger partial charge in [-0.15, -0.1) is 11.8 Å². The van der Waals surface area contributed by atoms with Crippen LogP contribution in [0, 0.1) is 6.92 Å². The smallest absolute Gasteiger partial charge is 0.272 e. The van der Waals surface area contributed by atoms with Crippen molar-refractivity contribution in [2.75, 3.05) is 28.6 Å². The molecule has 2 aromatic rings. The van der Waals surface area contributed by atoms with Gasteiger partial charge in [0.05, 0.1) is 16.2 Å². The molecule has 0 N–H and O–H groups in total. The average Bonchev–Trinajstić information content (AvgIpc) is 2.99. The number of anilines is 2. The van der Waals surface area contributed by atoms with Gasteiger partial charge in [-0.3, -0.25) is 9.59 Å². The molecule has 0 atom stereocenters. The van der Waals surface area contributed by atoms with Crippen molar-refractivity contribution in [3.8, 4) is 0 Å². The lowest BCUT2D eigenvalue weighted by Gasteiger charge is -2.29. The van der Waals surface area contributed by atoms with Crippen molar-refractivity contribution in [2.24, 2.45) is 0 Å². The number of rotatable bonds is 5. The Balaban J connectivity index is 1.64. The van der Waals surface area contributed by atoms with Gasteiger partial charge in [0.15, 0.2) is 0 Å². The van der Waals surface area contributed by atoms with Crippen LogP contribution >= 0.6 is 11.8 Å². The Morgan fingerprint density at radius 2 is 1.45 bits per heavy atom. The molecule has 4 nitrogen and oxygen atoms in total. The van der Waals surface area contributed by atoms with Gasteiger partial charge >= 0.3 is 0 Å². The average molecular weight is 407 g/mol. The fourth-order valence-corrected chi connectivity index (χ4v) is 4.81. The molecule has 2 aliphatic heterocycles. The van der Waals surface area contributed by atoms with Crippen molar-refractivity contribution in [3.05, 3.63) is 64.6 Å². The van der Waals surface area contributed by atoms with Crippen LogP contribution in [0.4, 0.5) is 11.4 Å². The summed E-state index contributed by atoms with van der Waals surface area (Å²) in [5.41, 5.74) is 4.24. The van der Waals surface area contributed by atoms with Crippen molar-refractivity contribution in [1.82, 2.24) is 0 Å². The number of carbonyl (C=O) groups excluding carboxylic acids is 2. The Labute approximate surface area is 176 Å². The van der Waals surface area contributed by atoms with E-state index in [4.69, 9.17) is 0 Å². The fraction of sp³-hybridized carbons (Fsp3) is 0.333. The Morgan fingerprint density at radius 1 is 0.828 bits per heavy atom. The van der Waals surface area contributed by atoms with E-state index in [1.54, 1.807) is 0 Å². The van der Waals surface area contributed by atoms with Crippen LogP contribution in [-0.2, 0) is 9.59 Å². The zero-order valence-electron chi connectivity index (χ0n) is 17.0. The predicted molar refractivity (Wildman–Crippen MR) is 121 cm³/mol. The molecule has 4 rings (SSSR count). The minimum absolute atomic E-state index is 0.219. The van der Waals surface area contributed by atoms with Crippen molar-refractivity contribution in [1.29, 1.82) is 0 Å². The summed E-state index contributed by atoms with van der Waals surface area (Å²) in [5.74, 6) is 0.287. The number of amides is 2. The Morgan fingerprint density at radius 3 is 2.07 bits per heavy atom. The fourth-order valence-electron chi connectivity index (χ4n) is 3.96. The SMILES string of the molecule is CCSC1=C(c2ccc(C)cc2)C(=O)N(c2ccc(N3CCCCC3)cc2)C1=O. The summed E-state index contributed by atoms with van der Waals surface area (Å²) in [7, 11) is 0. The standard InChI is InChI=1S/C24H26N2O2S/c1-3-29-22-21(18-9-7-17(2)8-10-18)23(27)26(24(22)28)20-13-11-19(12-14-20)25-15-5-4-6-16-25/h7-14H,3-6,15-16H2,1-2H3. The Hall–Kier alpha value is -2.53. The molecule has 2 aromatic carbocycles. The van der Waals surface area contributed by atoms with Gasteiger partial charge in [-0.25, -0.2) is 4.90 Å². The summed E-state index contributed by atoms with van der Waals surface area (Å²) >= 11 is 1.44. The molecule has 0 radical (unpaired) electrons. The first-order valence-corrected chi connectivity index (χ1v) is 11.3.